The van der Waals surface area contributed by atoms with Gasteiger partial charge in [-0.15, -0.1) is 0 Å². The van der Waals surface area contributed by atoms with Crippen LogP contribution in [0.5, 0.6) is 11.5 Å². The first-order valence-electron chi connectivity index (χ1n) is 10.5. The fraction of sp³-hybridized carbons (Fsp3) is 0.545. The molecule has 2 N–H and O–H groups in total. The van der Waals surface area contributed by atoms with Gasteiger partial charge in [-0.05, 0) is 31.5 Å². The molecule has 1 saturated heterocycles. The van der Waals surface area contributed by atoms with Crippen LogP contribution in [0.3, 0.4) is 0 Å². The zero-order valence-electron chi connectivity index (χ0n) is 19.0. The number of rotatable bonds is 8. The van der Waals surface area contributed by atoms with Crippen LogP contribution in [-0.4, -0.2) is 70.0 Å². The third-order valence-corrected chi connectivity index (χ3v) is 5.45. The number of guanidine groups is 1. The number of hydrogen-bond donors (Lipinski definition) is 2. The molecule has 1 aromatic carbocycles. The minimum Gasteiger partial charge on any atom is -0.493 e. The molecule has 0 amide bonds. The highest BCUT2D eigenvalue weighted by molar-refractivity contribution is 5.79. The summed E-state index contributed by atoms with van der Waals surface area (Å²) >= 11 is 0. The fourth-order valence-corrected chi connectivity index (χ4v) is 3.60. The molecule has 0 radical (unpaired) electrons. The molecule has 1 fully saturated rings. The van der Waals surface area contributed by atoms with Gasteiger partial charge >= 0.3 is 0 Å². The Hall–Kier alpha value is -2.78. The molecule has 9 heteroatoms. The summed E-state index contributed by atoms with van der Waals surface area (Å²) in [6, 6.07) is 6.18. The molecule has 2 aromatic rings. The van der Waals surface area contributed by atoms with Crippen LogP contribution in [0, 0.1) is 13.8 Å². The number of hydrogen-bond acceptors (Lipinski definition) is 7. The van der Waals surface area contributed by atoms with Crippen molar-refractivity contribution in [2.24, 2.45) is 4.99 Å². The van der Waals surface area contributed by atoms with E-state index >= 15 is 0 Å². The molecule has 9 nitrogen and oxygen atoms in total. The molecule has 0 saturated carbocycles. The van der Waals surface area contributed by atoms with Gasteiger partial charge in [-0.2, -0.15) is 0 Å². The number of benzene rings is 1. The first kappa shape index (κ1) is 22.9. The third-order valence-electron chi connectivity index (χ3n) is 5.45. The highest BCUT2D eigenvalue weighted by atomic mass is 16.5. The quantitative estimate of drug-likeness (QED) is 0.485. The zero-order valence-corrected chi connectivity index (χ0v) is 19.0. The fourth-order valence-electron chi connectivity index (χ4n) is 3.60. The highest BCUT2D eigenvalue weighted by Gasteiger charge is 2.24. The maximum Gasteiger partial charge on any atom is 0.214 e. The number of ether oxygens (including phenoxy) is 3. The number of morpholine rings is 1. The van der Waals surface area contributed by atoms with Crippen molar-refractivity contribution in [2.45, 2.75) is 26.4 Å². The zero-order chi connectivity index (χ0) is 22.2. The molecular formula is C22H33N5O4. The summed E-state index contributed by atoms with van der Waals surface area (Å²) in [4.78, 5) is 11.2. The normalized spacial score (nSPS) is 16.1. The van der Waals surface area contributed by atoms with Gasteiger partial charge in [0, 0.05) is 26.7 Å². The molecule has 0 bridgehead atoms. The number of oxazole rings is 1. The standard InChI is InChI=1S/C22H33N5O4/c1-15-16(2)31-21(26-15)14-25-22(23-3)24-13-18(27-8-10-30-11-9-27)17-6-7-19(28-4)20(12-17)29-5/h6-7,12,18H,8-11,13-14H2,1-5H3,(H2,23,24,25). The van der Waals surface area contributed by atoms with Crippen LogP contribution in [0.2, 0.25) is 0 Å². The van der Waals surface area contributed by atoms with E-state index in [1.807, 2.05) is 26.0 Å². The molecule has 3 rings (SSSR count). The Balaban J connectivity index is 1.70. The molecule has 1 aliphatic heterocycles. The summed E-state index contributed by atoms with van der Waals surface area (Å²) in [5.41, 5.74) is 2.04. The number of aliphatic imine (C=N–C) groups is 1. The number of methoxy groups -OCH3 is 2. The minimum absolute atomic E-state index is 0.119. The lowest BCUT2D eigenvalue weighted by molar-refractivity contribution is 0.0169. The minimum atomic E-state index is 0.119. The van der Waals surface area contributed by atoms with E-state index in [1.54, 1.807) is 21.3 Å². The van der Waals surface area contributed by atoms with Crippen molar-refractivity contribution in [3.8, 4) is 11.5 Å². The highest BCUT2D eigenvalue weighted by Crippen LogP contribution is 2.32. The number of aryl methyl sites for hydroxylation is 2. The monoisotopic (exact) mass is 431 g/mol. The van der Waals surface area contributed by atoms with Crippen LogP contribution in [0.25, 0.3) is 0 Å². The molecule has 31 heavy (non-hydrogen) atoms. The second kappa shape index (κ2) is 11.0. The predicted molar refractivity (Wildman–Crippen MR) is 119 cm³/mol. The van der Waals surface area contributed by atoms with Crippen molar-refractivity contribution in [2.75, 3.05) is 54.1 Å². The van der Waals surface area contributed by atoms with Gasteiger partial charge in [0.2, 0.25) is 5.89 Å². The second-order valence-electron chi connectivity index (χ2n) is 7.33. The number of nitrogens with one attached hydrogen (secondary N) is 2. The van der Waals surface area contributed by atoms with Crippen molar-refractivity contribution in [1.29, 1.82) is 0 Å². The Morgan fingerprint density at radius 2 is 1.90 bits per heavy atom. The Kier molecular flexibility index (Phi) is 8.13. The average molecular weight is 432 g/mol. The van der Waals surface area contributed by atoms with Crippen molar-refractivity contribution in [3.63, 3.8) is 0 Å². The van der Waals surface area contributed by atoms with Crippen LogP contribution in [0.4, 0.5) is 0 Å². The van der Waals surface area contributed by atoms with Gasteiger partial charge in [-0.3, -0.25) is 9.89 Å². The summed E-state index contributed by atoms with van der Waals surface area (Å²) in [5, 5.41) is 6.71. The summed E-state index contributed by atoms with van der Waals surface area (Å²) in [5.74, 6) is 3.60. The van der Waals surface area contributed by atoms with Gasteiger partial charge in [-0.25, -0.2) is 4.98 Å². The molecule has 2 heterocycles. The van der Waals surface area contributed by atoms with Gasteiger partial charge in [0.05, 0.1) is 45.7 Å². The smallest absolute Gasteiger partial charge is 0.214 e. The van der Waals surface area contributed by atoms with Crippen molar-refractivity contribution in [1.82, 2.24) is 20.5 Å². The lowest BCUT2D eigenvalue weighted by Gasteiger charge is -2.35. The van der Waals surface area contributed by atoms with Crippen molar-refractivity contribution < 1.29 is 18.6 Å². The number of nitrogens with zero attached hydrogens (tertiary/aromatic N) is 3. The van der Waals surface area contributed by atoms with Crippen molar-refractivity contribution in [3.05, 3.63) is 41.1 Å². The van der Waals surface area contributed by atoms with Crippen LogP contribution in [-0.2, 0) is 11.3 Å². The molecule has 170 valence electrons. The van der Waals surface area contributed by atoms with Gasteiger partial charge in [-0.1, -0.05) is 6.07 Å². The Bertz CT molecular complexity index is 857. The van der Waals surface area contributed by atoms with E-state index < -0.39 is 0 Å². The topological polar surface area (TPSA) is 93.4 Å². The van der Waals surface area contributed by atoms with E-state index in [4.69, 9.17) is 18.6 Å². The van der Waals surface area contributed by atoms with Gasteiger partial charge in [0.25, 0.3) is 0 Å². The lowest BCUT2D eigenvalue weighted by atomic mass is 10.0. The maximum atomic E-state index is 5.64. The first-order valence-corrected chi connectivity index (χ1v) is 10.5. The van der Waals surface area contributed by atoms with E-state index in [2.05, 4.69) is 31.6 Å². The maximum absolute atomic E-state index is 5.64. The van der Waals surface area contributed by atoms with E-state index in [1.165, 1.54) is 0 Å². The van der Waals surface area contributed by atoms with E-state index in [9.17, 15) is 0 Å². The van der Waals surface area contributed by atoms with Crippen LogP contribution >= 0.6 is 0 Å². The summed E-state index contributed by atoms with van der Waals surface area (Å²) in [6.45, 7) is 8.15. The molecular weight excluding hydrogens is 398 g/mol. The van der Waals surface area contributed by atoms with E-state index in [0.717, 1.165) is 49.1 Å². The first-order chi connectivity index (χ1) is 15.0. The largest absolute Gasteiger partial charge is 0.493 e. The van der Waals surface area contributed by atoms with Gasteiger partial charge < -0.3 is 29.3 Å². The van der Waals surface area contributed by atoms with Crippen LogP contribution in [0.15, 0.2) is 27.6 Å². The summed E-state index contributed by atoms with van der Waals surface area (Å²) in [6.07, 6.45) is 0. The third kappa shape index (κ3) is 5.89. The SMILES string of the molecule is CN=C(NCc1nc(C)c(C)o1)NCC(c1ccc(OC)c(OC)c1)N1CCOCC1. The molecule has 0 spiro atoms. The van der Waals surface area contributed by atoms with Crippen LogP contribution in [0.1, 0.15) is 29.0 Å². The summed E-state index contributed by atoms with van der Waals surface area (Å²) < 4.78 is 22.1. The van der Waals surface area contributed by atoms with E-state index in [0.29, 0.717) is 30.7 Å². The molecule has 1 aliphatic rings. The molecule has 0 aliphatic carbocycles. The number of aromatic nitrogens is 1. The van der Waals surface area contributed by atoms with Crippen LogP contribution < -0.4 is 20.1 Å². The Labute approximate surface area is 183 Å². The lowest BCUT2D eigenvalue weighted by Crippen LogP contribution is -2.46. The Morgan fingerprint density at radius 1 is 1.16 bits per heavy atom. The van der Waals surface area contributed by atoms with Crippen molar-refractivity contribution >= 4 is 5.96 Å². The van der Waals surface area contributed by atoms with Gasteiger partial charge in [0.15, 0.2) is 17.5 Å². The Morgan fingerprint density at radius 3 is 2.52 bits per heavy atom. The molecule has 1 aromatic heterocycles. The average Bonchev–Trinajstić information content (AvgIpc) is 3.13. The molecule has 1 unspecified atom stereocenters. The summed E-state index contributed by atoms with van der Waals surface area (Å²) in [7, 11) is 5.05. The predicted octanol–water partition coefficient (Wildman–Crippen LogP) is 2.05. The van der Waals surface area contributed by atoms with E-state index in [-0.39, 0.29) is 6.04 Å². The molecule has 1 atom stereocenters. The second-order valence-corrected chi connectivity index (χ2v) is 7.33. The van der Waals surface area contributed by atoms with Gasteiger partial charge in [0.1, 0.15) is 5.76 Å².